The quantitative estimate of drug-likeness (QED) is 0.0941. The van der Waals surface area contributed by atoms with Crippen molar-refractivity contribution in [1.82, 2.24) is 14.9 Å². The van der Waals surface area contributed by atoms with Crippen LogP contribution in [0.4, 0.5) is 5.82 Å². The molecule has 11 unspecified atom stereocenters. The normalized spacial score (nSPS) is 34.4. The molecule has 240 valence electrons. The molecule has 3 heterocycles. The predicted molar refractivity (Wildman–Crippen MR) is 135 cm³/mol. The molecule has 1 aromatic rings. The molecule has 2 fully saturated rings. The number of rotatable bonds is 13. The second-order valence-electron chi connectivity index (χ2n) is 8.84. The first-order chi connectivity index (χ1) is 19.7. The maximum atomic E-state index is 13.3. The van der Waals surface area contributed by atoms with Gasteiger partial charge >= 0.3 is 21.3 Å². The number of anilines is 1. The van der Waals surface area contributed by atoms with Gasteiger partial charge in [-0.05, 0) is 6.07 Å². The molecule has 0 saturated carbocycles. The maximum absolute atomic E-state index is 13.3. The molecule has 0 aromatic carbocycles. The summed E-state index contributed by atoms with van der Waals surface area (Å²) < 4.78 is 62.8. The van der Waals surface area contributed by atoms with Crippen LogP contribution < -0.4 is 22.5 Å². The lowest BCUT2D eigenvalue weighted by Crippen LogP contribution is -2.65. The van der Waals surface area contributed by atoms with E-state index in [1.165, 1.54) is 6.07 Å². The van der Waals surface area contributed by atoms with Gasteiger partial charge in [-0.25, -0.2) is 13.9 Å². The molecule has 0 radical (unpaired) electrons. The average molecular weight is 649 g/mol. The van der Waals surface area contributed by atoms with Gasteiger partial charge < -0.3 is 51.8 Å². The van der Waals surface area contributed by atoms with Crippen molar-refractivity contribution in [2.24, 2.45) is 5.73 Å². The Morgan fingerprint density at radius 1 is 1.07 bits per heavy atom. The van der Waals surface area contributed by atoms with E-state index in [-0.39, 0.29) is 5.82 Å². The number of hydrogen-bond acceptors (Lipinski definition) is 19. The molecule has 42 heavy (non-hydrogen) atoms. The van der Waals surface area contributed by atoms with Gasteiger partial charge in [-0.15, -0.1) is 0 Å². The zero-order chi connectivity index (χ0) is 31.4. The van der Waals surface area contributed by atoms with E-state index in [9.17, 15) is 44.3 Å². The lowest BCUT2D eigenvalue weighted by molar-refractivity contribution is -0.248. The van der Waals surface area contributed by atoms with E-state index in [1.54, 1.807) is 0 Å². The van der Waals surface area contributed by atoms with Crippen LogP contribution in [-0.2, 0) is 45.8 Å². The van der Waals surface area contributed by atoms with E-state index in [0.29, 0.717) is 0 Å². The largest absolute Gasteiger partial charge is 0.485 e. The van der Waals surface area contributed by atoms with E-state index in [4.69, 9.17) is 43.3 Å². The standard InChI is InChI=1S/C19H33N5O16P2/c1-34-41(32,36-7-9-14(28)16(30)17(37-9)24-4-3-10(21)22-19(24)31)40-42(33,35-2)39-18-12(23-11(26)5-20)15(29)13(27)8(6-25)38-18/h3-4,8-9,12-18,25,27-30H,5-7,20H2,1-2H3,(H,23,26)(H2,21,22,31). The summed E-state index contributed by atoms with van der Waals surface area (Å²) >= 11 is 0. The van der Waals surface area contributed by atoms with Gasteiger partial charge in [-0.1, -0.05) is 0 Å². The zero-order valence-corrected chi connectivity index (χ0v) is 23.9. The summed E-state index contributed by atoms with van der Waals surface area (Å²) in [5, 5.41) is 53.0. The highest BCUT2D eigenvalue weighted by Crippen LogP contribution is 2.66. The molecule has 0 spiro atoms. The molecule has 21 nitrogen and oxygen atoms in total. The second-order valence-corrected chi connectivity index (χ2v) is 12.5. The highest BCUT2D eigenvalue weighted by atomic mass is 31.3. The molecular weight excluding hydrogens is 616 g/mol. The van der Waals surface area contributed by atoms with Crippen molar-refractivity contribution < 1.29 is 71.3 Å². The monoisotopic (exact) mass is 649 g/mol. The first-order valence-corrected chi connectivity index (χ1v) is 15.0. The van der Waals surface area contributed by atoms with Gasteiger partial charge in [0.25, 0.3) is 0 Å². The molecule has 0 aliphatic carbocycles. The summed E-state index contributed by atoms with van der Waals surface area (Å²) in [5.41, 5.74) is 9.81. The minimum atomic E-state index is -5.05. The Kier molecular flexibility index (Phi) is 11.7. The van der Waals surface area contributed by atoms with Crippen LogP contribution in [0, 0.1) is 0 Å². The average Bonchev–Trinajstić information content (AvgIpc) is 3.24. The fraction of sp³-hybridized carbons (Fsp3) is 0.737. The Labute approximate surface area is 237 Å². The summed E-state index contributed by atoms with van der Waals surface area (Å²) in [6.07, 6.45) is -12.1. The summed E-state index contributed by atoms with van der Waals surface area (Å²) in [7, 11) is -8.35. The number of aliphatic hydroxyl groups excluding tert-OH is 5. The Hall–Kier alpha value is -1.91. The Morgan fingerprint density at radius 3 is 2.29 bits per heavy atom. The summed E-state index contributed by atoms with van der Waals surface area (Å²) in [5.74, 6) is -0.950. The smallest absolute Gasteiger partial charge is 0.394 e. The third-order valence-electron chi connectivity index (χ3n) is 6.13. The van der Waals surface area contributed by atoms with Crippen LogP contribution in [0.3, 0.4) is 0 Å². The molecule has 1 amide bonds. The Balaban J connectivity index is 1.74. The van der Waals surface area contributed by atoms with Crippen LogP contribution >= 0.6 is 15.6 Å². The number of nitrogens with one attached hydrogen (secondary N) is 1. The zero-order valence-electron chi connectivity index (χ0n) is 22.1. The van der Waals surface area contributed by atoms with Gasteiger partial charge in [0.2, 0.25) is 5.91 Å². The SMILES string of the molecule is COP(=O)(OCC1OC(n2ccc(N)nc2=O)C(O)C1O)OP(=O)(OC)OC1OC(CO)C(O)C(O)C1NC(=O)CN. The number of hydrogen-bond donors (Lipinski definition) is 8. The van der Waals surface area contributed by atoms with Crippen molar-refractivity contribution in [1.29, 1.82) is 0 Å². The van der Waals surface area contributed by atoms with Crippen molar-refractivity contribution in [3.8, 4) is 0 Å². The number of nitrogen functional groups attached to an aromatic ring is 1. The minimum Gasteiger partial charge on any atom is -0.394 e. The summed E-state index contributed by atoms with van der Waals surface area (Å²) in [4.78, 5) is 27.5. The van der Waals surface area contributed by atoms with Gasteiger partial charge in [0.05, 0.1) is 19.8 Å². The highest BCUT2D eigenvalue weighted by molar-refractivity contribution is 7.62. The molecule has 23 heteroatoms. The Morgan fingerprint density at radius 2 is 1.71 bits per heavy atom. The van der Waals surface area contributed by atoms with E-state index in [0.717, 1.165) is 25.0 Å². The summed E-state index contributed by atoms with van der Waals surface area (Å²) in [6, 6.07) is -0.395. The van der Waals surface area contributed by atoms with E-state index in [2.05, 4.69) is 10.3 Å². The van der Waals surface area contributed by atoms with Crippen LogP contribution in [0.1, 0.15) is 6.23 Å². The molecule has 11 atom stereocenters. The summed E-state index contributed by atoms with van der Waals surface area (Å²) in [6.45, 7) is -2.23. The van der Waals surface area contributed by atoms with Crippen molar-refractivity contribution in [2.45, 2.75) is 55.2 Å². The molecule has 3 rings (SSSR count). The number of phosphoric acid groups is 2. The van der Waals surface area contributed by atoms with Gasteiger partial charge in [-0.2, -0.15) is 9.29 Å². The number of carbonyl (C=O) groups is 1. The first kappa shape index (κ1) is 34.6. The number of nitrogens with zero attached hydrogens (tertiary/aromatic N) is 2. The van der Waals surface area contributed by atoms with Gasteiger partial charge in [0, 0.05) is 20.4 Å². The van der Waals surface area contributed by atoms with Gasteiger partial charge in [0.15, 0.2) is 12.5 Å². The number of carbonyl (C=O) groups excluding carboxylic acids is 1. The van der Waals surface area contributed by atoms with Crippen LogP contribution in [-0.4, -0.2) is 124 Å². The molecule has 2 aliphatic rings. The fourth-order valence-corrected chi connectivity index (χ4v) is 6.72. The third kappa shape index (κ3) is 7.78. The highest BCUT2D eigenvalue weighted by Gasteiger charge is 2.51. The third-order valence-corrected chi connectivity index (χ3v) is 9.56. The molecule has 2 aliphatic heterocycles. The number of aromatic nitrogens is 2. The number of nitrogens with two attached hydrogens (primary N) is 2. The van der Waals surface area contributed by atoms with E-state index >= 15 is 0 Å². The van der Waals surface area contributed by atoms with Crippen LogP contribution in [0.25, 0.3) is 0 Å². The second kappa shape index (κ2) is 14.2. The molecule has 1 aromatic heterocycles. The van der Waals surface area contributed by atoms with Gasteiger partial charge in [0.1, 0.15) is 48.5 Å². The minimum absolute atomic E-state index is 0.101. The molecule has 2 saturated heterocycles. The van der Waals surface area contributed by atoms with Crippen LogP contribution in [0.5, 0.6) is 0 Å². The van der Waals surface area contributed by atoms with E-state index < -0.39 is 102 Å². The lowest BCUT2D eigenvalue weighted by atomic mass is 9.97. The van der Waals surface area contributed by atoms with Crippen LogP contribution in [0.2, 0.25) is 0 Å². The van der Waals surface area contributed by atoms with Crippen molar-refractivity contribution in [2.75, 3.05) is 39.7 Å². The first-order valence-electron chi connectivity index (χ1n) is 12.0. The predicted octanol–water partition coefficient (Wildman–Crippen LogP) is -4.11. The van der Waals surface area contributed by atoms with E-state index in [1.807, 2.05) is 0 Å². The molecule has 10 N–H and O–H groups in total. The van der Waals surface area contributed by atoms with Crippen LogP contribution in [0.15, 0.2) is 17.1 Å². The lowest BCUT2D eigenvalue weighted by Gasteiger charge is -2.42. The van der Waals surface area contributed by atoms with Crippen molar-refractivity contribution in [3.05, 3.63) is 22.7 Å². The van der Waals surface area contributed by atoms with Crippen molar-refractivity contribution >= 4 is 27.4 Å². The Bertz CT molecular complexity index is 1240. The topological polar surface area (TPSA) is 316 Å². The number of ether oxygens (including phenoxy) is 2. The number of aliphatic hydroxyl groups is 5. The van der Waals surface area contributed by atoms with Gasteiger partial charge in [-0.3, -0.25) is 27.5 Å². The number of phosphoric ester groups is 2. The van der Waals surface area contributed by atoms with Crippen molar-refractivity contribution in [3.63, 3.8) is 0 Å². The number of amides is 1. The fourth-order valence-electron chi connectivity index (χ4n) is 3.91. The molecular formula is C19H33N5O16P2. The maximum Gasteiger partial charge on any atom is 0.485 e. The molecule has 0 bridgehead atoms.